The first kappa shape index (κ1) is 33.5. The third-order valence-electron chi connectivity index (χ3n) is 7.99. The number of esters is 1. The summed E-state index contributed by atoms with van der Waals surface area (Å²) in [5.74, 6) is 1.60. The van der Waals surface area contributed by atoms with Crippen molar-refractivity contribution >= 4 is 5.97 Å². The normalized spacial score (nSPS) is 14.6. The maximum absolute atomic E-state index is 15.2. The van der Waals surface area contributed by atoms with E-state index >= 15 is 4.39 Å². The van der Waals surface area contributed by atoms with Crippen LogP contribution in [0.3, 0.4) is 0 Å². The minimum Gasteiger partial charge on any atom is -0.497 e. The molecule has 3 aromatic rings. The van der Waals surface area contributed by atoms with Crippen LogP contribution in [-0.2, 0) is 25.6 Å². The number of hydrogen-bond acceptors (Lipinski definition) is 6. The molecule has 44 heavy (non-hydrogen) atoms. The van der Waals surface area contributed by atoms with Gasteiger partial charge in [0.25, 0.3) is 0 Å². The number of carbonyl (C=O) groups is 1. The molecule has 6 nitrogen and oxygen atoms in total. The largest absolute Gasteiger partial charge is 0.497 e. The van der Waals surface area contributed by atoms with Crippen LogP contribution >= 0.6 is 0 Å². The molecule has 1 aliphatic rings. The van der Waals surface area contributed by atoms with Crippen molar-refractivity contribution in [3.8, 4) is 22.6 Å². The first-order valence-electron chi connectivity index (χ1n) is 15.6. The van der Waals surface area contributed by atoms with E-state index in [1.54, 1.807) is 26.4 Å². The molecule has 4 rings (SSSR count). The molecule has 0 radical (unpaired) electrons. The molecule has 0 amide bonds. The SMILES string of the molecule is CCOC(=O)C[C@H](CC1CC1)c1cccc(OCc2ccc(-c3cc(OC)ccc3F)c([C@H](OCCOC)C(C)(C)C)c2)c1. The third-order valence-corrected chi connectivity index (χ3v) is 7.99. The molecular formula is C37H47FO6. The fraction of sp³-hybridized carbons (Fsp3) is 0.486. The van der Waals surface area contributed by atoms with Crippen LogP contribution in [0.4, 0.5) is 4.39 Å². The predicted octanol–water partition coefficient (Wildman–Crippen LogP) is 8.67. The lowest BCUT2D eigenvalue weighted by Gasteiger charge is -2.33. The Balaban J connectivity index is 1.63. The van der Waals surface area contributed by atoms with Crippen molar-refractivity contribution in [1.29, 1.82) is 0 Å². The van der Waals surface area contributed by atoms with E-state index in [0.29, 0.717) is 50.1 Å². The topological polar surface area (TPSA) is 63.2 Å². The molecule has 0 aromatic heterocycles. The molecule has 1 aliphatic carbocycles. The molecule has 7 heteroatoms. The lowest BCUT2D eigenvalue weighted by Crippen LogP contribution is -2.24. The van der Waals surface area contributed by atoms with E-state index in [1.165, 1.54) is 18.9 Å². The Labute approximate surface area is 261 Å². The van der Waals surface area contributed by atoms with Gasteiger partial charge in [-0.2, -0.15) is 0 Å². The molecule has 0 N–H and O–H groups in total. The zero-order valence-electron chi connectivity index (χ0n) is 27.0. The molecule has 0 unspecified atom stereocenters. The third kappa shape index (κ3) is 9.29. The molecule has 238 valence electrons. The lowest BCUT2D eigenvalue weighted by atomic mass is 9.81. The number of carbonyl (C=O) groups excluding carboxylic acids is 1. The molecule has 1 fully saturated rings. The van der Waals surface area contributed by atoms with Crippen LogP contribution in [0.15, 0.2) is 60.7 Å². The summed E-state index contributed by atoms with van der Waals surface area (Å²) >= 11 is 0. The summed E-state index contributed by atoms with van der Waals surface area (Å²) in [4.78, 5) is 12.4. The first-order valence-corrected chi connectivity index (χ1v) is 15.6. The van der Waals surface area contributed by atoms with Crippen molar-refractivity contribution in [2.45, 2.75) is 72.0 Å². The minimum absolute atomic E-state index is 0.102. The number of benzene rings is 3. The zero-order valence-corrected chi connectivity index (χ0v) is 27.0. The lowest BCUT2D eigenvalue weighted by molar-refractivity contribution is -0.143. The summed E-state index contributed by atoms with van der Waals surface area (Å²) in [7, 11) is 3.22. The fourth-order valence-electron chi connectivity index (χ4n) is 5.60. The van der Waals surface area contributed by atoms with Crippen LogP contribution in [0.2, 0.25) is 0 Å². The summed E-state index contributed by atoms with van der Waals surface area (Å²) < 4.78 is 43.9. The average Bonchev–Trinajstić information content (AvgIpc) is 3.82. The number of rotatable bonds is 16. The zero-order chi connectivity index (χ0) is 31.7. The number of halogens is 1. The van der Waals surface area contributed by atoms with E-state index in [2.05, 4.69) is 32.9 Å². The number of ether oxygens (including phenoxy) is 5. The van der Waals surface area contributed by atoms with Crippen molar-refractivity contribution in [2.24, 2.45) is 11.3 Å². The van der Waals surface area contributed by atoms with E-state index in [9.17, 15) is 4.79 Å². The van der Waals surface area contributed by atoms with Gasteiger partial charge in [0.05, 0.1) is 39.5 Å². The summed E-state index contributed by atoms with van der Waals surface area (Å²) in [6, 6.07) is 18.8. The average molecular weight is 607 g/mol. The van der Waals surface area contributed by atoms with Gasteiger partial charge in [0, 0.05) is 12.7 Å². The summed E-state index contributed by atoms with van der Waals surface area (Å²) in [6.45, 7) is 9.72. The van der Waals surface area contributed by atoms with E-state index in [1.807, 2.05) is 37.3 Å². The Hall–Kier alpha value is -3.42. The monoisotopic (exact) mass is 606 g/mol. The molecule has 3 aromatic carbocycles. The number of hydrogen-bond donors (Lipinski definition) is 0. The van der Waals surface area contributed by atoms with Gasteiger partial charge in [-0.05, 0) is 89.2 Å². The van der Waals surface area contributed by atoms with Gasteiger partial charge in [-0.1, -0.05) is 57.9 Å². The van der Waals surface area contributed by atoms with Crippen LogP contribution < -0.4 is 9.47 Å². The van der Waals surface area contributed by atoms with E-state index in [4.69, 9.17) is 23.7 Å². The molecule has 0 bridgehead atoms. The maximum Gasteiger partial charge on any atom is 0.306 e. The van der Waals surface area contributed by atoms with Crippen molar-refractivity contribution in [1.82, 2.24) is 0 Å². The van der Waals surface area contributed by atoms with Gasteiger partial charge >= 0.3 is 5.97 Å². The summed E-state index contributed by atoms with van der Waals surface area (Å²) in [5.41, 5.74) is 3.80. The van der Waals surface area contributed by atoms with Gasteiger partial charge in [-0.3, -0.25) is 4.79 Å². The molecule has 0 aliphatic heterocycles. The quantitative estimate of drug-likeness (QED) is 0.120. The molecule has 0 heterocycles. The summed E-state index contributed by atoms with van der Waals surface area (Å²) in [6.07, 6.45) is 3.45. The second-order valence-electron chi connectivity index (χ2n) is 12.6. The van der Waals surface area contributed by atoms with Crippen LogP contribution in [0.5, 0.6) is 11.5 Å². The van der Waals surface area contributed by atoms with Gasteiger partial charge in [-0.15, -0.1) is 0 Å². The summed E-state index contributed by atoms with van der Waals surface area (Å²) in [5, 5.41) is 0. The Morgan fingerprint density at radius 1 is 0.955 bits per heavy atom. The van der Waals surface area contributed by atoms with E-state index < -0.39 is 0 Å². The van der Waals surface area contributed by atoms with Crippen molar-refractivity contribution in [3.63, 3.8) is 0 Å². The van der Waals surface area contributed by atoms with Gasteiger partial charge in [-0.25, -0.2) is 4.39 Å². The second-order valence-corrected chi connectivity index (χ2v) is 12.6. The highest BCUT2D eigenvalue weighted by Crippen LogP contribution is 2.43. The molecule has 1 saturated carbocycles. The highest BCUT2D eigenvalue weighted by atomic mass is 19.1. The Morgan fingerprint density at radius 2 is 1.75 bits per heavy atom. The van der Waals surface area contributed by atoms with Crippen molar-refractivity contribution in [2.75, 3.05) is 34.0 Å². The molecule has 0 saturated heterocycles. The Morgan fingerprint density at radius 3 is 2.43 bits per heavy atom. The predicted molar refractivity (Wildman–Crippen MR) is 171 cm³/mol. The Bertz CT molecular complexity index is 1380. The van der Waals surface area contributed by atoms with Gasteiger partial charge in [0.15, 0.2) is 0 Å². The highest BCUT2D eigenvalue weighted by molar-refractivity contribution is 5.71. The first-order chi connectivity index (χ1) is 21.1. The van der Waals surface area contributed by atoms with Gasteiger partial charge in [0.1, 0.15) is 23.9 Å². The van der Waals surface area contributed by atoms with E-state index in [-0.39, 0.29) is 29.2 Å². The second kappa shape index (κ2) is 15.5. The fourth-order valence-corrected chi connectivity index (χ4v) is 5.60. The molecule has 2 atom stereocenters. The van der Waals surface area contributed by atoms with Gasteiger partial charge < -0.3 is 23.7 Å². The molecular weight excluding hydrogens is 559 g/mol. The van der Waals surface area contributed by atoms with Gasteiger partial charge in [0.2, 0.25) is 0 Å². The van der Waals surface area contributed by atoms with Crippen molar-refractivity contribution < 1.29 is 32.9 Å². The highest BCUT2D eigenvalue weighted by Gasteiger charge is 2.31. The van der Waals surface area contributed by atoms with Crippen LogP contribution in [0, 0.1) is 17.2 Å². The molecule has 0 spiro atoms. The van der Waals surface area contributed by atoms with Crippen LogP contribution in [-0.4, -0.2) is 40.0 Å². The van der Waals surface area contributed by atoms with E-state index in [0.717, 1.165) is 34.4 Å². The van der Waals surface area contributed by atoms with Crippen molar-refractivity contribution in [3.05, 3.63) is 83.2 Å². The smallest absolute Gasteiger partial charge is 0.306 e. The van der Waals surface area contributed by atoms with Crippen LogP contribution in [0.1, 0.15) is 82.1 Å². The number of methoxy groups -OCH3 is 2. The van der Waals surface area contributed by atoms with Crippen LogP contribution in [0.25, 0.3) is 11.1 Å². The Kier molecular flexibility index (Phi) is 11.8. The minimum atomic E-state index is -0.340. The maximum atomic E-state index is 15.2. The standard InChI is InChI=1S/C37H47FO6/c1-7-42-35(39)22-28(19-25-11-12-25)27-9-8-10-30(21-27)44-24-26-13-15-31(32-23-29(41-6)14-16-34(32)38)33(20-26)36(37(2,3)4)43-18-17-40-5/h8-10,13-16,20-21,23,25,28,36H,7,11-12,17-19,22,24H2,1-6H3/t28-,36-/m0/s1.